The third kappa shape index (κ3) is 4.85. The van der Waals surface area contributed by atoms with Gasteiger partial charge in [-0.3, -0.25) is 9.59 Å². The maximum Gasteiger partial charge on any atom is 0.254 e. The molecule has 5 nitrogen and oxygen atoms in total. The molecule has 5 heteroatoms. The largest absolute Gasteiger partial charge is 0.339 e. The normalized spacial score (nSPS) is 18.5. The molecule has 1 fully saturated rings. The van der Waals surface area contributed by atoms with Crippen molar-refractivity contribution < 1.29 is 9.59 Å². The zero-order valence-electron chi connectivity index (χ0n) is 16.4. The monoisotopic (exact) mass is 359 g/mol. The van der Waals surface area contributed by atoms with Crippen LogP contribution in [0, 0.1) is 0 Å². The number of nitrogens with zero attached hydrogens (tertiary/aromatic N) is 2. The zero-order valence-corrected chi connectivity index (χ0v) is 16.4. The highest BCUT2D eigenvalue weighted by Crippen LogP contribution is 2.22. The van der Waals surface area contributed by atoms with Crippen molar-refractivity contribution in [3.63, 3.8) is 0 Å². The van der Waals surface area contributed by atoms with Gasteiger partial charge in [0.1, 0.15) is 0 Å². The van der Waals surface area contributed by atoms with E-state index < -0.39 is 0 Å². The van der Waals surface area contributed by atoms with E-state index >= 15 is 0 Å². The molecule has 0 saturated carbocycles. The van der Waals surface area contributed by atoms with Crippen LogP contribution in [0.2, 0.25) is 0 Å². The SMILES string of the molecule is CCCN(CCC)C(=O)c1cccc(C(=O)N2CCCCC2C(C)N)c1. The zero-order chi connectivity index (χ0) is 19.1. The van der Waals surface area contributed by atoms with E-state index in [1.807, 2.05) is 16.7 Å². The summed E-state index contributed by atoms with van der Waals surface area (Å²) in [5.74, 6) is -0.00933. The second kappa shape index (κ2) is 9.72. The highest BCUT2D eigenvalue weighted by molar-refractivity contribution is 5.99. The van der Waals surface area contributed by atoms with Crippen molar-refractivity contribution in [1.29, 1.82) is 0 Å². The quantitative estimate of drug-likeness (QED) is 0.812. The van der Waals surface area contributed by atoms with E-state index in [2.05, 4.69) is 13.8 Å². The Morgan fingerprint density at radius 3 is 2.46 bits per heavy atom. The molecule has 144 valence electrons. The van der Waals surface area contributed by atoms with Crippen LogP contribution in [0.15, 0.2) is 24.3 Å². The van der Waals surface area contributed by atoms with E-state index in [1.165, 1.54) is 0 Å². The van der Waals surface area contributed by atoms with Crippen LogP contribution >= 0.6 is 0 Å². The summed E-state index contributed by atoms with van der Waals surface area (Å²) in [6.45, 7) is 8.32. The number of piperidine rings is 1. The van der Waals surface area contributed by atoms with Crippen molar-refractivity contribution in [1.82, 2.24) is 9.80 Å². The first kappa shape index (κ1) is 20.4. The average molecular weight is 360 g/mol. The molecule has 2 unspecified atom stereocenters. The lowest BCUT2D eigenvalue weighted by Gasteiger charge is -2.38. The number of likely N-dealkylation sites (tertiary alicyclic amines) is 1. The van der Waals surface area contributed by atoms with Gasteiger partial charge in [-0.2, -0.15) is 0 Å². The molecule has 2 rings (SSSR count). The first-order valence-electron chi connectivity index (χ1n) is 9.95. The summed E-state index contributed by atoms with van der Waals surface area (Å²) in [6, 6.07) is 7.19. The first-order valence-corrected chi connectivity index (χ1v) is 9.95. The number of hydrogen-bond donors (Lipinski definition) is 1. The third-order valence-electron chi connectivity index (χ3n) is 5.05. The van der Waals surface area contributed by atoms with Gasteiger partial charge in [-0.25, -0.2) is 0 Å². The van der Waals surface area contributed by atoms with Gasteiger partial charge in [-0.1, -0.05) is 19.9 Å². The Kier molecular flexibility index (Phi) is 7.64. The van der Waals surface area contributed by atoms with E-state index in [0.717, 1.165) is 51.7 Å². The lowest BCUT2D eigenvalue weighted by atomic mass is 9.95. The Morgan fingerprint density at radius 1 is 1.19 bits per heavy atom. The van der Waals surface area contributed by atoms with Crippen LogP contribution in [0.3, 0.4) is 0 Å². The minimum atomic E-state index is -0.0475. The molecule has 26 heavy (non-hydrogen) atoms. The molecule has 0 radical (unpaired) electrons. The van der Waals surface area contributed by atoms with E-state index in [1.54, 1.807) is 24.3 Å². The molecule has 1 aromatic carbocycles. The second-order valence-corrected chi connectivity index (χ2v) is 7.29. The Bertz CT molecular complexity index is 609. The average Bonchev–Trinajstić information content (AvgIpc) is 2.66. The van der Waals surface area contributed by atoms with Crippen molar-refractivity contribution in [3.8, 4) is 0 Å². The molecule has 2 amide bonds. The summed E-state index contributed by atoms with van der Waals surface area (Å²) in [4.78, 5) is 29.7. The third-order valence-corrected chi connectivity index (χ3v) is 5.05. The molecule has 1 aliphatic rings. The van der Waals surface area contributed by atoms with Crippen LogP contribution in [0.25, 0.3) is 0 Å². The minimum Gasteiger partial charge on any atom is -0.339 e. The van der Waals surface area contributed by atoms with Crippen LogP contribution in [0.5, 0.6) is 0 Å². The number of hydrogen-bond acceptors (Lipinski definition) is 3. The molecule has 1 aromatic rings. The standard InChI is InChI=1S/C21H33N3O2/c1-4-12-23(13-5-2)20(25)17-9-8-10-18(15-17)21(26)24-14-7-6-11-19(24)16(3)22/h8-10,15-16,19H,4-7,11-14,22H2,1-3H3. The van der Waals surface area contributed by atoms with Gasteiger partial charge in [-0.15, -0.1) is 0 Å². The molecular weight excluding hydrogens is 326 g/mol. The van der Waals surface area contributed by atoms with Gasteiger partial charge in [0, 0.05) is 42.8 Å². The molecule has 0 aliphatic carbocycles. The summed E-state index contributed by atoms with van der Waals surface area (Å²) in [7, 11) is 0. The van der Waals surface area contributed by atoms with Crippen molar-refractivity contribution in [2.75, 3.05) is 19.6 Å². The lowest BCUT2D eigenvalue weighted by molar-refractivity contribution is 0.0584. The van der Waals surface area contributed by atoms with Crippen molar-refractivity contribution >= 4 is 11.8 Å². The predicted molar refractivity (Wildman–Crippen MR) is 105 cm³/mol. The Morgan fingerprint density at radius 2 is 1.85 bits per heavy atom. The van der Waals surface area contributed by atoms with E-state index in [-0.39, 0.29) is 23.9 Å². The highest BCUT2D eigenvalue weighted by atomic mass is 16.2. The maximum absolute atomic E-state index is 13.1. The molecule has 2 atom stereocenters. The van der Waals surface area contributed by atoms with Gasteiger partial charge in [0.05, 0.1) is 0 Å². The van der Waals surface area contributed by atoms with Gasteiger partial charge in [0.15, 0.2) is 0 Å². The Labute approximate surface area is 157 Å². The number of rotatable bonds is 7. The summed E-state index contributed by atoms with van der Waals surface area (Å²) in [5, 5.41) is 0. The van der Waals surface area contributed by atoms with Gasteiger partial charge >= 0.3 is 0 Å². The predicted octanol–water partition coefficient (Wildman–Crippen LogP) is 3.29. The van der Waals surface area contributed by atoms with Crippen LogP contribution in [0.1, 0.15) is 73.6 Å². The fraction of sp³-hybridized carbons (Fsp3) is 0.619. The summed E-state index contributed by atoms with van der Waals surface area (Å²) in [6.07, 6.45) is 4.91. The fourth-order valence-electron chi connectivity index (χ4n) is 3.74. The van der Waals surface area contributed by atoms with E-state index in [0.29, 0.717) is 11.1 Å². The van der Waals surface area contributed by atoms with E-state index in [9.17, 15) is 9.59 Å². The Balaban J connectivity index is 2.21. The van der Waals surface area contributed by atoms with Crippen LogP contribution < -0.4 is 5.73 Å². The topological polar surface area (TPSA) is 66.6 Å². The van der Waals surface area contributed by atoms with Gasteiger partial charge < -0.3 is 15.5 Å². The number of carbonyl (C=O) groups is 2. The minimum absolute atomic E-state index is 0.00531. The maximum atomic E-state index is 13.1. The molecule has 0 aromatic heterocycles. The molecule has 0 bridgehead atoms. The lowest BCUT2D eigenvalue weighted by Crippen LogP contribution is -2.51. The summed E-state index contributed by atoms with van der Waals surface area (Å²) >= 11 is 0. The number of nitrogens with two attached hydrogens (primary N) is 1. The van der Waals surface area contributed by atoms with Crippen molar-refractivity contribution in [2.24, 2.45) is 5.73 Å². The smallest absolute Gasteiger partial charge is 0.254 e. The van der Waals surface area contributed by atoms with E-state index in [4.69, 9.17) is 5.73 Å². The second-order valence-electron chi connectivity index (χ2n) is 7.29. The number of benzene rings is 1. The Hall–Kier alpha value is -1.88. The molecule has 0 spiro atoms. The van der Waals surface area contributed by atoms with Crippen LogP contribution in [0.4, 0.5) is 0 Å². The van der Waals surface area contributed by atoms with Crippen molar-refractivity contribution in [3.05, 3.63) is 35.4 Å². The summed E-state index contributed by atoms with van der Waals surface area (Å²) in [5.41, 5.74) is 7.27. The van der Waals surface area contributed by atoms with Gasteiger partial charge in [0.2, 0.25) is 0 Å². The first-order chi connectivity index (χ1) is 12.5. The summed E-state index contributed by atoms with van der Waals surface area (Å²) < 4.78 is 0. The number of carbonyl (C=O) groups excluding carboxylic acids is 2. The van der Waals surface area contributed by atoms with Gasteiger partial charge in [-0.05, 0) is 57.2 Å². The molecule has 1 saturated heterocycles. The molecular formula is C21H33N3O2. The molecule has 1 aliphatic heterocycles. The van der Waals surface area contributed by atoms with Gasteiger partial charge in [0.25, 0.3) is 11.8 Å². The van der Waals surface area contributed by atoms with Crippen molar-refractivity contribution in [2.45, 2.75) is 65.0 Å². The molecule has 1 heterocycles. The number of amides is 2. The molecule has 2 N–H and O–H groups in total. The highest BCUT2D eigenvalue weighted by Gasteiger charge is 2.30. The van der Waals surface area contributed by atoms with Crippen LogP contribution in [-0.2, 0) is 0 Å². The van der Waals surface area contributed by atoms with Crippen LogP contribution in [-0.4, -0.2) is 53.3 Å². The fourth-order valence-corrected chi connectivity index (χ4v) is 3.74.